The lowest BCUT2D eigenvalue weighted by Crippen LogP contribution is -2.36. The van der Waals surface area contributed by atoms with Crippen LogP contribution in [0.25, 0.3) is 0 Å². The first-order chi connectivity index (χ1) is 9.29. The summed E-state index contributed by atoms with van der Waals surface area (Å²) in [5.74, 6) is 2.06. The van der Waals surface area contributed by atoms with Crippen LogP contribution in [0.5, 0.6) is 0 Å². The van der Waals surface area contributed by atoms with Crippen molar-refractivity contribution < 1.29 is 9.26 Å². The van der Waals surface area contributed by atoms with E-state index in [2.05, 4.69) is 22.4 Å². The number of nitrogens with zero attached hydrogens (tertiary/aromatic N) is 2. The average molecular weight is 265 g/mol. The molecule has 2 atom stereocenters. The molecule has 1 aliphatic heterocycles. The van der Waals surface area contributed by atoms with E-state index in [1.165, 1.54) is 19.3 Å². The minimum Gasteiger partial charge on any atom is -0.370 e. The number of hydrogen-bond acceptors (Lipinski definition) is 5. The van der Waals surface area contributed by atoms with E-state index in [0.717, 1.165) is 31.1 Å². The Morgan fingerprint density at radius 2 is 2.32 bits per heavy atom. The normalized spacial score (nSPS) is 28.7. The number of nitrogens with one attached hydrogen (secondary N) is 1. The van der Waals surface area contributed by atoms with Gasteiger partial charge in [-0.15, -0.1) is 0 Å². The van der Waals surface area contributed by atoms with Crippen molar-refractivity contribution in [3.05, 3.63) is 11.7 Å². The van der Waals surface area contributed by atoms with Gasteiger partial charge in [0.05, 0.1) is 5.54 Å². The smallest absolute Gasteiger partial charge is 0.247 e. The van der Waals surface area contributed by atoms with Crippen LogP contribution in [0.2, 0.25) is 0 Å². The predicted molar refractivity (Wildman–Crippen MR) is 70.6 cm³/mol. The number of aromatic nitrogens is 2. The van der Waals surface area contributed by atoms with E-state index in [9.17, 15) is 0 Å². The molecule has 2 aliphatic rings. The van der Waals surface area contributed by atoms with Crippen molar-refractivity contribution in [2.75, 3.05) is 13.2 Å². The summed E-state index contributed by atoms with van der Waals surface area (Å²) in [6.07, 6.45) is 5.68. The average Bonchev–Trinajstić information content (AvgIpc) is 2.94. The zero-order chi connectivity index (χ0) is 13.3. The Bertz CT molecular complexity index is 422. The molecule has 0 bridgehead atoms. The third kappa shape index (κ3) is 2.41. The Hall–Kier alpha value is -0.940. The standard InChI is InChI=1S/C14H23N3O2/c1-3-14(8-5-9-15-14)13-16-12(17-19-13)11(18-4-2)10-6-7-10/h10-11,15H,3-9H2,1-2H3. The van der Waals surface area contributed by atoms with E-state index >= 15 is 0 Å². The summed E-state index contributed by atoms with van der Waals surface area (Å²) >= 11 is 0. The first-order valence-corrected chi connectivity index (χ1v) is 7.50. The molecule has 19 heavy (non-hydrogen) atoms. The molecule has 1 aromatic rings. The highest BCUT2D eigenvalue weighted by Gasteiger charge is 2.41. The van der Waals surface area contributed by atoms with E-state index in [-0.39, 0.29) is 11.6 Å². The van der Waals surface area contributed by atoms with Gasteiger partial charge in [-0.05, 0) is 51.5 Å². The molecule has 1 saturated carbocycles. The number of rotatable bonds is 6. The van der Waals surface area contributed by atoms with Crippen LogP contribution < -0.4 is 5.32 Å². The maximum atomic E-state index is 5.79. The van der Waals surface area contributed by atoms with Gasteiger partial charge in [-0.1, -0.05) is 12.1 Å². The summed E-state index contributed by atoms with van der Waals surface area (Å²) in [6.45, 7) is 5.91. The molecular weight excluding hydrogens is 242 g/mol. The van der Waals surface area contributed by atoms with E-state index in [1.807, 2.05) is 6.92 Å². The van der Waals surface area contributed by atoms with Gasteiger partial charge in [0, 0.05) is 6.61 Å². The summed E-state index contributed by atoms with van der Waals surface area (Å²) in [5, 5.41) is 7.71. The molecule has 1 saturated heterocycles. The van der Waals surface area contributed by atoms with Crippen molar-refractivity contribution in [3.8, 4) is 0 Å². The van der Waals surface area contributed by atoms with Crippen LogP contribution in [-0.2, 0) is 10.3 Å². The molecule has 1 aromatic heterocycles. The molecule has 0 spiro atoms. The Labute approximate surface area is 114 Å². The lowest BCUT2D eigenvalue weighted by Gasteiger charge is -2.22. The lowest BCUT2D eigenvalue weighted by atomic mass is 9.94. The van der Waals surface area contributed by atoms with Crippen molar-refractivity contribution in [2.45, 2.75) is 57.6 Å². The molecule has 0 aromatic carbocycles. The Morgan fingerprint density at radius 1 is 1.47 bits per heavy atom. The minimum absolute atomic E-state index is 0.0257. The van der Waals surface area contributed by atoms with Gasteiger partial charge in [0.15, 0.2) is 0 Å². The molecular formula is C14H23N3O2. The highest BCUT2D eigenvalue weighted by molar-refractivity contribution is 5.08. The van der Waals surface area contributed by atoms with E-state index < -0.39 is 0 Å². The minimum atomic E-state index is -0.106. The fraction of sp³-hybridized carbons (Fsp3) is 0.857. The highest BCUT2D eigenvalue weighted by Crippen LogP contribution is 2.43. The molecule has 2 heterocycles. The maximum Gasteiger partial charge on any atom is 0.247 e. The van der Waals surface area contributed by atoms with Crippen LogP contribution in [0.1, 0.15) is 63.8 Å². The first-order valence-electron chi connectivity index (χ1n) is 7.50. The van der Waals surface area contributed by atoms with Gasteiger partial charge in [-0.2, -0.15) is 4.98 Å². The summed E-state index contributed by atoms with van der Waals surface area (Å²) in [6, 6.07) is 0. The second-order valence-corrected chi connectivity index (χ2v) is 5.64. The SMILES string of the molecule is CCOC(c1noc(C2(CC)CCCN2)n1)C1CC1. The molecule has 3 rings (SSSR count). The van der Waals surface area contributed by atoms with E-state index in [1.54, 1.807) is 0 Å². The van der Waals surface area contributed by atoms with Crippen molar-refractivity contribution in [3.63, 3.8) is 0 Å². The van der Waals surface area contributed by atoms with Crippen molar-refractivity contribution >= 4 is 0 Å². The quantitative estimate of drug-likeness (QED) is 0.856. The Balaban J connectivity index is 1.81. The molecule has 0 radical (unpaired) electrons. The molecule has 1 aliphatic carbocycles. The van der Waals surface area contributed by atoms with Crippen LogP contribution in [0.3, 0.4) is 0 Å². The molecule has 2 unspecified atom stereocenters. The second-order valence-electron chi connectivity index (χ2n) is 5.64. The maximum absolute atomic E-state index is 5.79. The largest absolute Gasteiger partial charge is 0.370 e. The topological polar surface area (TPSA) is 60.2 Å². The van der Waals surface area contributed by atoms with Gasteiger partial charge in [0.2, 0.25) is 11.7 Å². The van der Waals surface area contributed by atoms with E-state index in [0.29, 0.717) is 12.5 Å². The van der Waals surface area contributed by atoms with Crippen LogP contribution in [-0.4, -0.2) is 23.3 Å². The molecule has 5 heteroatoms. The zero-order valence-corrected chi connectivity index (χ0v) is 11.8. The van der Waals surface area contributed by atoms with Crippen LogP contribution >= 0.6 is 0 Å². The predicted octanol–water partition coefficient (Wildman–Crippen LogP) is 2.55. The van der Waals surface area contributed by atoms with Crippen LogP contribution in [0.4, 0.5) is 0 Å². The zero-order valence-electron chi connectivity index (χ0n) is 11.8. The third-order valence-corrected chi connectivity index (χ3v) is 4.35. The molecule has 106 valence electrons. The number of hydrogen-bond donors (Lipinski definition) is 1. The van der Waals surface area contributed by atoms with Crippen molar-refractivity contribution in [1.29, 1.82) is 0 Å². The lowest BCUT2D eigenvalue weighted by molar-refractivity contribution is 0.0384. The molecule has 1 N–H and O–H groups in total. The summed E-state index contributed by atoms with van der Waals surface area (Å²) in [5.41, 5.74) is -0.106. The van der Waals surface area contributed by atoms with Gasteiger partial charge in [0.25, 0.3) is 0 Å². The summed E-state index contributed by atoms with van der Waals surface area (Å²) in [7, 11) is 0. The van der Waals surface area contributed by atoms with Gasteiger partial charge < -0.3 is 14.6 Å². The third-order valence-electron chi connectivity index (χ3n) is 4.35. The van der Waals surface area contributed by atoms with Gasteiger partial charge in [-0.3, -0.25) is 0 Å². The monoisotopic (exact) mass is 265 g/mol. The summed E-state index contributed by atoms with van der Waals surface area (Å²) < 4.78 is 11.3. The summed E-state index contributed by atoms with van der Waals surface area (Å²) in [4.78, 5) is 4.65. The fourth-order valence-electron chi connectivity index (χ4n) is 2.99. The Morgan fingerprint density at radius 3 is 2.89 bits per heavy atom. The molecule has 5 nitrogen and oxygen atoms in total. The van der Waals surface area contributed by atoms with Crippen molar-refractivity contribution in [2.24, 2.45) is 5.92 Å². The van der Waals surface area contributed by atoms with Crippen LogP contribution in [0.15, 0.2) is 4.52 Å². The van der Waals surface area contributed by atoms with Crippen molar-refractivity contribution in [1.82, 2.24) is 15.5 Å². The number of ether oxygens (including phenoxy) is 1. The second kappa shape index (κ2) is 5.21. The Kier molecular flexibility index (Phi) is 3.58. The highest BCUT2D eigenvalue weighted by atomic mass is 16.5. The van der Waals surface area contributed by atoms with Gasteiger partial charge in [0.1, 0.15) is 6.10 Å². The molecule has 2 fully saturated rings. The first kappa shape index (κ1) is 13.1. The van der Waals surface area contributed by atoms with Gasteiger partial charge in [-0.25, -0.2) is 0 Å². The van der Waals surface area contributed by atoms with E-state index in [4.69, 9.17) is 9.26 Å². The fourth-order valence-corrected chi connectivity index (χ4v) is 2.99. The van der Waals surface area contributed by atoms with Gasteiger partial charge >= 0.3 is 0 Å². The van der Waals surface area contributed by atoms with Crippen LogP contribution in [0, 0.1) is 5.92 Å². The molecule has 0 amide bonds.